The number of hydrogen-bond acceptors (Lipinski definition) is 3. The maximum Gasteiger partial charge on any atom is 0.217 e. The molecule has 4 rings (SSSR count). The molecule has 0 heterocycles. The smallest absolute Gasteiger partial charge is 0.217 e. The van der Waals surface area contributed by atoms with Gasteiger partial charge in [0.15, 0.2) is 0 Å². The Morgan fingerprint density at radius 3 is 2.12 bits per heavy atom. The lowest BCUT2D eigenvalue weighted by Gasteiger charge is -2.63. The van der Waals surface area contributed by atoms with E-state index in [1.54, 1.807) is 0 Å². The lowest BCUT2D eigenvalue weighted by molar-refractivity contribution is -0.211. The Balaban J connectivity index is 1.95. The highest BCUT2D eigenvalue weighted by molar-refractivity contribution is 5.74. The standard InChI is InChI=1S/C12H19NO3/c1-8(14)13-10-2-9-3-11(15,5-10)7-12(16,4-9)6-10/h9,15-16H,2-7H2,1H3,(H,13,14)/t9?,10?,11-,12+. The minimum Gasteiger partial charge on any atom is -0.390 e. The first-order valence-electron chi connectivity index (χ1n) is 6.06. The van der Waals surface area contributed by atoms with Crippen LogP contribution in [0.4, 0.5) is 0 Å². The van der Waals surface area contributed by atoms with Crippen LogP contribution in [0.25, 0.3) is 0 Å². The predicted molar refractivity (Wildman–Crippen MR) is 57.6 cm³/mol. The zero-order valence-electron chi connectivity index (χ0n) is 9.62. The number of rotatable bonds is 1. The summed E-state index contributed by atoms with van der Waals surface area (Å²) in [6.45, 7) is 1.51. The van der Waals surface area contributed by atoms with Crippen LogP contribution in [0.15, 0.2) is 0 Å². The highest BCUT2D eigenvalue weighted by atomic mass is 16.3. The van der Waals surface area contributed by atoms with E-state index < -0.39 is 11.2 Å². The van der Waals surface area contributed by atoms with Crippen molar-refractivity contribution in [2.45, 2.75) is 62.2 Å². The summed E-state index contributed by atoms with van der Waals surface area (Å²) in [6.07, 6.45) is 4.19. The van der Waals surface area contributed by atoms with Crippen LogP contribution in [-0.2, 0) is 4.79 Å². The van der Waals surface area contributed by atoms with Crippen molar-refractivity contribution in [1.29, 1.82) is 0 Å². The summed E-state index contributed by atoms with van der Waals surface area (Å²) in [5.41, 5.74) is -1.86. The molecule has 0 aromatic carbocycles. The molecule has 0 spiro atoms. The van der Waals surface area contributed by atoms with Crippen molar-refractivity contribution >= 4 is 5.91 Å². The largest absolute Gasteiger partial charge is 0.390 e. The Morgan fingerprint density at radius 2 is 1.69 bits per heavy atom. The van der Waals surface area contributed by atoms with Crippen LogP contribution in [-0.4, -0.2) is 32.9 Å². The van der Waals surface area contributed by atoms with E-state index in [2.05, 4.69) is 5.32 Å². The van der Waals surface area contributed by atoms with Crippen molar-refractivity contribution in [1.82, 2.24) is 5.32 Å². The van der Waals surface area contributed by atoms with Gasteiger partial charge in [-0.3, -0.25) is 4.79 Å². The summed E-state index contributed by atoms with van der Waals surface area (Å²) >= 11 is 0. The molecule has 4 fully saturated rings. The van der Waals surface area contributed by atoms with Crippen molar-refractivity contribution in [2.75, 3.05) is 0 Å². The van der Waals surface area contributed by atoms with Crippen LogP contribution in [0.1, 0.15) is 45.4 Å². The Hall–Kier alpha value is -0.610. The van der Waals surface area contributed by atoms with E-state index >= 15 is 0 Å². The zero-order valence-corrected chi connectivity index (χ0v) is 9.62. The lowest BCUT2D eigenvalue weighted by atomic mass is 9.49. The molecule has 2 unspecified atom stereocenters. The quantitative estimate of drug-likeness (QED) is 0.602. The van der Waals surface area contributed by atoms with Crippen molar-refractivity contribution in [3.8, 4) is 0 Å². The molecule has 4 bridgehead atoms. The molecule has 1 amide bonds. The highest BCUT2D eigenvalue weighted by Gasteiger charge is 2.62. The molecule has 4 aliphatic carbocycles. The molecule has 90 valence electrons. The Kier molecular flexibility index (Phi) is 1.84. The molecular formula is C12H19NO3. The first-order chi connectivity index (χ1) is 7.32. The van der Waals surface area contributed by atoms with E-state index in [1.165, 1.54) is 6.92 Å². The average Bonchev–Trinajstić information content (AvgIpc) is 1.91. The molecular weight excluding hydrogens is 206 g/mol. The van der Waals surface area contributed by atoms with Crippen LogP contribution in [0.5, 0.6) is 0 Å². The molecule has 0 aliphatic heterocycles. The molecule has 3 N–H and O–H groups in total. The maximum atomic E-state index is 11.3. The van der Waals surface area contributed by atoms with Gasteiger partial charge in [-0.25, -0.2) is 0 Å². The van der Waals surface area contributed by atoms with Crippen LogP contribution in [0, 0.1) is 5.92 Å². The fourth-order valence-electron chi connectivity index (χ4n) is 4.85. The second-order valence-electron chi connectivity index (χ2n) is 6.42. The summed E-state index contributed by atoms with van der Waals surface area (Å²) in [4.78, 5) is 11.3. The van der Waals surface area contributed by atoms with Crippen LogP contribution >= 0.6 is 0 Å². The number of carbonyl (C=O) groups excluding carboxylic acids is 1. The second-order valence-corrected chi connectivity index (χ2v) is 6.42. The molecule has 16 heavy (non-hydrogen) atoms. The third-order valence-corrected chi connectivity index (χ3v) is 4.45. The Bertz CT molecular complexity index is 336. The Morgan fingerprint density at radius 1 is 1.12 bits per heavy atom. The maximum absolute atomic E-state index is 11.3. The summed E-state index contributed by atoms with van der Waals surface area (Å²) in [5.74, 6) is 0.298. The molecule has 0 radical (unpaired) electrons. The molecule has 4 heteroatoms. The van der Waals surface area contributed by atoms with Crippen molar-refractivity contribution in [3.63, 3.8) is 0 Å². The van der Waals surface area contributed by atoms with E-state index in [-0.39, 0.29) is 11.4 Å². The third kappa shape index (κ3) is 1.47. The molecule has 4 nitrogen and oxygen atoms in total. The fraction of sp³-hybridized carbons (Fsp3) is 0.917. The van der Waals surface area contributed by atoms with E-state index in [4.69, 9.17) is 0 Å². The van der Waals surface area contributed by atoms with Gasteiger partial charge in [-0.15, -0.1) is 0 Å². The molecule has 4 aliphatic rings. The molecule has 0 aromatic rings. The number of aliphatic hydroxyl groups is 2. The SMILES string of the molecule is CC(=O)NC12CC3C[C@@](O)(C1)C[C@](O)(C3)C2. The Labute approximate surface area is 95.0 Å². The van der Waals surface area contributed by atoms with Crippen molar-refractivity contribution in [2.24, 2.45) is 5.92 Å². The third-order valence-electron chi connectivity index (χ3n) is 4.45. The second kappa shape index (κ2) is 2.79. The van der Waals surface area contributed by atoms with Gasteiger partial charge in [-0.05, 0) is 38.0 Å². The van der Waals surface area contributed by atoms with Crippen molar-refractivity contribution in [3.05, 3.63) is 0 Å². The minimum atomic E-state index is -0.753. The van der Waals surface area contributed by atoms with Gasteiger partial charge in [0.25, 0.3) is 0 Å². The van der Waals surface area contributed by atoms with Crippen LogP contribution in [0.2, 0.25) is 0 Å². The van der Waals surface area contributed by atoms with Crippen LogP contribution < -0.4 is 5.32 Å². The van der Waals surface area contributed by atoms with Crippen LogP contribution in [0.3, 0.4) is 0 Å². The van der Waals surface area contributed by atoms with Gasteiger partial charge in [-0.1, -0.05) is 0 Å². The van der Waals surface area contributed by atoms with Gasteiger partial charge < -0.3 is 15.5 Å². The minimum absolute atomic E-state index is 0.0610. The molecule has 0 aromatic heterocycles. The van der Waals surface area contributed by atoms with Gasteiger partial charge in [0.2, 0.25) is 5.91 Å². The van der Waals surface area contributed by atoms with Gasteiger partial charge in [0, 0.05) is 18.9 Å². The monoisotopic (exact) mass is 225 g/mol. The van der Waals surface area contributed by atoms with E-state index in [1.807, 2.05) is 0 Å². The number of nitrogens with one attached hydrogen (secondary N) is 1. The number of hydrogen-bond donors (Lipinski definition) is 3. The predicted octanol–water partition coefficient (Wildman–Crippen LogP) is 0.321. The van der Waals surface area contributed by atoms with Crippen molar-refractivity contribution < 1.29 is 15.0 Å². The van der Waals surface area contributed by atoms with E-state index in [0.717, 1.165) is 19.3 Å². The van der Waals surface area contributed by atoms with Gasteiger partial charge in [-0.2, -0.15) is 0 Å². The number of amides is 1. The number of carbonyl (C=O) groups is 1. The summed E-state index contributed by atoms with van der Waals surface area (Å²) in [7, 11) is 0. The summed E-state index contributed by atoms with van der Waals surface area (Å²) in [6, 6.07) is 0. The van der Waals surface area contributed by atoms with E-state index in [0.29, 0.717) is 25.2 Å². The molecule has 0 saturated heterocycles. The fourth-order valence-corrected chi connectivity index (χ4v) is 4.85. The normalized spacial score (nSPS) is 54.1. The lowest BCUT2D eigenvalue weighted by Crippen LogP contribution is -2.70. The molecule has 4 saturated carbocycles. The highest BCUT2D eigenvalue weighted by Crippen LogP contribution is 2.59. The summed E-state index contributed by atoms with van der Waals surface area (Å²) in [5, 5.41) is 23.8. The van der Waals surface area contributed by atoms with E-state index in [9.17, 15) is 15.0 Å². The average molecular weight is 225 g/mol. The topological polar surface area (TPSA) is 69.6 Å². The summed E-state index contributed by atoms with van der Waals surface area (Å²) < 4.78 is 0. The van der Waals surface area contributed by atoms with Gasteiger partial charge >= 0.3 is 0 Å². The van der Waals surface area contributed by atoms with Gasteiger partial charge in [0.1, 0.15) is 0 Å². The molecule has 4 atom stereocenters. The first-order valence-corrected chi connectivity index (χ1v) is 6.06. The van der Waals surface area contributed by atoms with Gasteiger partial charge in [0.05, 0.1) is 11.2 Å². The first kappa shape index (κ1) is 10.5. The zero-order chi connectivity index (χ0) is 11.6.